The van der Waals surface area contributed by atoms with Crippen LogP contribution in [0.5, 0.6) is 0 Å². The standard InChI is InChI=1S/C43H30N2/c1-28-29(15-20-32-10-7-25-45-43(28)32)22-24-42(44)35-9-6-8-33(26-35)30-16-18-31(19-17-30)34-21-23-40-38-13-3-2-11-36(38)37-12-4-5-14-39(37)41(40)27-34/h2-27,44H,1H3/b24-22-,44-42?. The summed E-state index contributed by atoms with van der Waals surface area (Å²) in [6, 6.07) is 49.5. The van der Waals surface area contributed by atoms with E-state index >= 15 is 0 Å². The van der Waals surface area contributed by atoms with E-state index in [0.29, 0.717) is 5.71 Å². The Kier molecular flexibility index (Phi) is 6.54. The Hall–Kier alpha value is -5.86. The van der Waals surface area contributed by atoms with Gasteiger partial charge in [0.15, 0.2) is 0 Å². The van der Waals surface area contributed by atoms with Gasteiger partial charge in [-0.05, 0) is 102 Å². The number of allylic oxidation sites excluding steroid dienone is 1. The number of hydrogen-bond acceptors (Lipinski definition) is 2. The number of hydrogen-bond donors (Lipinski definition) is 1. The molecule has 45 heavy (non-hydrogen) atoms. The number of aryl methyl sites for hydroxylation is 1. The van der Waals surface area contributed by atoms with Crippen molar-refractivity contribution in [2.45, 2.75) is 6.92 Å². The molecule has 0 radical (unpaired) electrons. The third-order valence-corrected chi connectivity index (χ3v) is 8.97. The molecule has 1 aromatic heterocycles. The van der Waals surface area contributed by atoms with E-state index in [0.717, 1.165) is 38.7 Å². The molecule has 8 aromatic rings. The van der Waals surface area contributed by atoms with Gasteiger partial charge in [-0.3, -0.25) is 4.98 Å². The van der Waals surface area contributed by atoms with Crippen molar-refractivity contribution in [3.63, 3.8) is 0 Å². The number of pyridine rings is 1. The van der Waals surface area contributed by atoms with E-state index in [1.54, 1.807) is 0 Å². The van der Waals surface area contributed by atoms with Crippen LogP contribution < -0.4 is 0 Å². The summed E-state index contributed by atoms with van der Waals surface area (Å²) >= 11 is 0. The molecule has 1 heterocycles. The monoisotopic (exact) mass is 574 g/mol. The molecule has 0 unspecified atom stereocenters. The molecular formula is C43H30N2. The van der Waals surface area contributed by atoms with Crippen LogP contribution >= 0.6 is 0 Å². The lowest BCUT2D eigenvalue weighted by atomic mass is 9.91. The molecule has 0 aliphatic heterocycles. The van der Waals surface area contributed by atoms with E-state index in [9.17, 15) is 0 Å². The van der Waals surface area contributed by atoms with Crippen LogP contribution in [-0.4, -0.2) is 10.7 Å². The van der Waals surface area contributed by atoms with Crippen LogP contribution in [-0.2, 0) is 0 Å². The van der Waals surface area contributed by atoms with Gasteiger partial charge in [-0.25, -0.2) is 0 Å². The van der Waals surface area contributed by atoms with Crippen molar-refractivity contribution in [3.05, 3.63) is 168 Å². The molecular weight excluding hydrogens is 544 g/mol. The molecule has 8 rings (SSSR count). The predicted octanol–water partition coefficient (Wildman–Crippen LogP) is 11.4. The SMILES string of the molecule is Cc1c(/C=C\C(=N)c2cccc(-c3ccc(-c4ccc5c6ccccc6c6ccccc6c5c4)cc3)c2)ccc2cccnc12. The Labute approximate surface area is 262 Å². The van der Waals surface area contributed by atoms with Crippen molar-refractivity contribution < 1.29 is 0 Å². The molecule has 0 spiro atoms. The van der Waals surface area contributed by atoms with Gasteiger partial charge in [0.05, 0.1) is 11.2 Å². The van der Waals surface area contributed by atoms with E-state index in [4.69, 9.17) is 5.41 Å². The van der Waals surface area contributed by atoms with Gasteiger partial charge in [0.2, 0.25) is 0 Å². The van der Waals surface area contributed by atoms with Gasteiger partial charge in [-0.2, -0.15) is 0 Å². The molecule has 7 aromatic carbocycles. The Morgan fingerprint density at radius 1 is 0.533 bits per heavy atom. The fraction of sp³-hybridized carbons (Fsp3) is 0.0233. The van der Waals surface area contributed by atoms with Gasteiger partial charge >= 0.3 is 0 Å². The number of rotatable bonds is 5. The summed E-state index contributed by atoms with van der Waals surface area (Å²) in [7, 11) is 0. The maximum atomic E-state index is 8.79. The van der Waals surface area contributed by atoms with Crippen molar-refractivity contribution >= 4 is 55.0 Å². The molecule has 0 amide bonds. The van der Waals surface area contributed by atoms with Crippen molar-refractivity contribution in [2.24, 2.45) is 0 Å². The average Bonchev–Trinajstić information content (AvgIpc) is 3.11. The first kappa shape index (κ1) is 26.7. The van der Waals surface area contributed by atoms with Gasteiger partial charge in [0.25, 0.3) is 0 Å². The highest BCUT2D eigenvalue weighted by Gasteiger charge is 2.10. The second-order valence-corrected chi connectivity index (χ2v) is 11.6. The highest BCUT2D eigenvalue weighted by molar-refractivity contribution is 6.25. The fourth-order valence-corrected chi connectivity index (χ4v) is 6.57. The molecule has 0 aliphatic rings. The van der Waals surface area contributed by atoms with Crippen molar-refractivity contribution in [1.29, 1.82) is 5.41 Å². The molecule has 212 valence electrons. The first-order valence-electron chi connectivity index (χ1n) is 15.3. The van der Waals surface area contributed by atoms with E-state index in [2.05, 4.69) is 133 Å². The lowest BCUT2D eigenvalue weighted by molar-refractivity contribution is 1.36. The average molecular weight is 575 g/mol. The predicted molar refractivity (Wildman–Crippen MR) is 192 cm³/mol. The van der Waals surface area contributed by atoms with Crippen molar-refractivity contribution in [2.75, 3.05) is 0 Å². The van der Waals surface area contributed by atoms with Crippen LogP contribution in [0.2, 0.25) is 0 Å². The highest BCUT2D eigenvalue weighted by Crippen LogP contribution is 2.37. The Bertz CT molecular complexity index is 2410. The minimum absolute atomic E-state index is 0.477. The maximum absolute atomic E-state index is 8.79. The van der Waals surface area contributed by atoms with Crippen LogP contribution in [0, 0.1) is 12.3 Å². The van der Waals surface area contributed by atoms with Crippen LogP contribution in [0.4, 0.5) is 0 Å². The fourth-order valence-electron chi connectivity index (χ4n) is 6.57. The summed E-state index contributed by atoms with van der Waals surface area (Å²) in [4.78, 5) is 4.55. The summed E-state index contributed by atoms with van der Waals surface area (Å²) in [5, 5.41) is 17.6. The summed E-state index contributed by atoms with van der Waals surface area (Å²) in [5.74, 6) is 0. The maximum Gasteiger partial charge on any atom is 0.0737 e. The van der Waals surface area contributed by atoms with Crippen LogP contribution in [0.15, 0.2) is 152 Å². The quantitative estimate of drug-likeness (QED) is 0.161. The van der Waals surface area contributed by atoms with Gasteiger partial charge in [0, 0.05) is 11.6 Å². The third kappa shape index (κ3) is 4.77. The summed E-state index contributed by atoms with van der Waals surface area (Å²) < 4.78 is 0. The molecule has 1 N–H and O–H groups in total. The van der Waals surface area contributed by atoms with Crippen molar-refractivity contribution in [1.82, 2.24) is 4.98 Å². The number of fused-ring (bicyclic) bond motifs is 7. The molecule has 0 atom stereocenters. The smallest absolute Gasteiger partial charge is 0.0737 e. The molecule has 2 nitrogen and oxygen atoms in total. The second kappa shape index (κ2) is 11.0. The minimum atomic E-state index is 0.477. The van der Waals surface area contributed by atoms with Gasteiger partial charge < -0.3 is 5.41 Å². The Morgan fingerprint density at radius 3 is 1.82 bits per heavy atom. The molecule has 0 saturated heterocycles. The van der Waals surface area contributed by atoms with Gasteiger partial charge in [-0.15, -0.1) is 0 Å². The highest BCUT2D eigenvalue weighted by atomic mass is 14.6. The number of nitrogens with zero attached hydrogens (tertiary/aromatic N) is 1. The van der Waals surface area contributed by atoms with E-state index in [-0.39, 0.29) is 0 Å². The van der Waals surface area contributed by atoms with E-state index in [1.807, 2.05) is 36.5 Å². The number of benzene rings is 7. The Balaban J connectivity index is 1.09. The lowest BCUT2D eigenvalue weighted by Crippen LogP contribution is -1.95. The zero-order valence-corrected chi connectivity index (χ0v) is 25.0. The topological polar surface area (TPSA) is 36.7 Å². The number of nitrogens with one attached hydrogen (secondary N) is 1. The largest absolute Gasteiger partial charge is 0.300 e. The minimum Gasteiger partial charge on any atom is -0.300 e. The van der Waals surface area contributed by atoms with E-state index < -0.39 is 0 Å². The molecule has 0 aliphatic carbocycles. The first-order valence-corrected chi connectivity index (χ1v) is 15.3. The lowest BCUT2D eigenvalue weighted by Gasteiger charge is -2.12. The van der Waals surface area contributed by atoms with Gasteiger partial charge in [0.1, 0.15) is 0 Å². The zero-order valence-electron chi connectivity index (χ0n) is 25.0. The van der Waals surface area contributed by atoms with Crippen LogP contribution in [0.1, 0.15) is 16.7 Å². The summed E-state index contributed by atoms with van der Waals surface area (Å²) in [5.41, 5.74) is 9.18. The molecule has 2 heteroatoms. The number of aromatic nitrogens is 1. The first-order chi connectivity index (χ1) is 22.1. The summed E-state index contributed by atoms with van der Waals surface area (Å²) in [6.45, 7) is 2.09. The zero-order chi connectivity index (χ0) is 30.3. The van der Waals surface area contributed by atoms with E-state index in [1.165, 1.54) is 43.4 Å². The van der Waals surface area contributed by atoms with Crippen LogP contribution in [0.25, 0.3) is 71.6 Å². The second-order valence-electron chi connectivity index (χ2n) is 11.6. The third-order valence-electron chi connectivity index (χ3n) is 8.97. The summed E-state index contributed by atoms with van der Waals surface area (Å²) in [6.07, 6.45) is 5.73. The van der Waals surface area contributed by atoms with Crippen LogP contribution in [0.3, 0.4) is 0 Å². The molecule has 0 fully saturated rings. The van der Waals surface area contributed by atoms with Crippen molar-refractivity contribution in [3.8, 4) is 22.3 Å². The molecule has 0 saturated carbocycles. The molecule has 0 bridgehead atoms. The van der Waals surface area contributed by atoms with Gasteiger partial charge in [-0.1, -0.05) is 127 Å². The normalized spacial score (nSPS) is 11.7. The Morgan fingerprint density at radius 2 is 1.13 bits per heavy atom.